The number of carbonyl (C=O) groups is 2. The van der Waals surface area contributed by atoms with E-state index in [-0.39, 0.29) is 29.3 Å². The molecule has 0 aromatic heterocycles. The number of hydrogen-bond donors (Lipinski definition) is 0. The molecule has 0 N–H and O–H groups in total. The lowest BCUT2D eigenvalue weighted by Crippen LogP contribution is -2.24. The molecule has 0 aromatic carbocycles. The largest absolute Gasteiger partial charge is 0.299 e. The molecule has 0 radical (unpaired) electrons. The smallest absolute Gasteiger partial charge is 0.147 e. The van der Waals surface area contributed by atoms with Gasteiger partial charge < -0.3 is 0 Å². The number of hydrogen-bond acceptors (Lipinski definition) is 2. The SMILES string of the molecule is CC(C)C1CC(=O)C(C(C)C)C1=O. The summed E-state index contributed by atoms with van der Waals surface area (Å²) < 4.78 is 0. The Labute approximate surface area is 79.7 Å². The maximum absolute atomic E-state index is 11.8. The van der Waals surface area contributed by atoms with Gasteiger partial charge in [0.2, 0.25) is 0 Å². The summed E-state index contributed by atoms with van der Waals surface area (Å²) in [7, 11) is 0. The quantitative estimate of drug-likeness (QED) is 0.613. The van der Waals surface area contributed by atoms with Crippen molar-refractivity contribution in [1.29, 1.82) is 0 Å². The van der Waals surface area contributed by atoms with Crippen molar-refractivity contribution in [3.63, 3.8) is 0 Å². The van der Waals surface area contributed by atoms with E-state index in [0.717, 1.165) is 0 Å². The second-order valence-electron chi connectivity index (χ2n) is 4.65. The first-order valence-corrected chi connectivity index (χ1v) is 5.01. The molecular weight excluding hydrogens is 164 g/mol. The lowest BCUT2D eigenvalue weighted by molar-refractivity contribution is -0.130. The van der Waals surface area contributed by atoms with Crippen LogP contribution >= 0.6 is 0 Å². The Morgan fingerprint density at radius 3 is 1.85 bits per heavy atom. The van der Waals surface area contributed by atoms with Crippen LogP contribution in [0.4, 0.5) is 0 Å². The Morgan fingerprint density at radius 2 is 1.62 bits per heavy atom. The van der Waals surface area contributed by atoms with Crippen LogP contribution in [-0.4, -0.2) is 11.6 Å². The van der Waals surface area contributed by atoms with Gasteiger partial charge in [0.15, 0.2) is 0 Å². The van der Waals surface area contributed by atoms with E-state index in [4.69, 9.17) is 0 Å². The second-order valence-corrected chi connectivity index (χ2v) is 4.65. The zero-order valence-corrected chi connectivity index (χ0v) is 8.83. The molecule has 1 aliphatic carbocycles. The van der Waals surface area contributed by atoms with Crippen LogP contribution in [0.15, 0.2) is 0 Å². The normalized spacial score (nSPS) is 29.4. The van der Waals surface area contributed by atoms with Crippen LogP contribution in [0, 0.1) is 23.7 Å². The van der Waals surface area contributed by atoms with Crippen LogP contribution in [0.2, 0.25) is 0 Å². The van der Waals surface area contributed by atoms with Gasteiger partial charge >= 0.3 is 0 Å². The number of carbonyl (C=O) groups excluding carboxylic acids is 2. The molecule has 1 fully saturated rings. The summed E-state index contributed by atoms with van der Waals surface area (Å²) in [5, 5.41) is 0. The average Bonchev–Trinajstić information content (AvgIpc) is 2.26. The van der Waals surface area contributed by atoms with E-state index in [0.29, 0.717) is 12.3 Å². The molecule has 13 heavy (non-hydrogen) atoms. The van der Waals surface area contributed by atoms with E-state index < -0.39 is 0 Å². The van der Waals surface area contributed by atoms with E-state index in [1.165, 1.54) is 0 Å². The minimum Gasteiger partial charge on any atom is -0.299 e. The summed E-state index contributed by atoms with van der Waals surface area (Å²) in [5.74, 6) is 0.477. The first-order chi connectivity index (χ1) is 5.95. The molecule has 2 heteroatoms. The Bertz CT molecular complexity index is 228. The summed E-state index contributed by atoms with van der Waals surface area (Å²) in [6, 6.07) is 0. The van der Waals surface area contributed by atoms with Gasteiger partial charge in [-0.2, -0.15) is 0 Å². The minimum absolute atomic E-state index is 0.0140. The van der Waals surface area contributed by atoms with Crippen LogP contribution < -0.4 is 0 Å². The standard InChI is InChI=1S/C11H18O2/c1-6(2)8-5-9(12)10(7(3)4)11(8)13/h6-8,10H,5H2,1-4H3. The summed E-state index contributed by atoms with van der Waals surface area (Å²) in [4.78, 5) is 23.3. The highest BCUT2D eigenvalue weighted by Crippen LogP contribution is 2.33. The molecule has 0 aliphatic heterocycles. The summed E-state index contributed by atoms with van der Waals surface area (Å²) >= 11 is 0. The second kappa shape index (κ2) is 3.60. The molecule has 2 unspecified atom stereocenters. The van der Waals surface area contributed by atoms with Gasteiger partial charge in [0, 0.05) is 12.3 Å². The van der Waals surface area contributed by atoms with E-state index in [9.17, 15) is 9.59 Å². The van der Waals surface area contributed by atoms with Crippen molar-refractivity contribution in [3.8, 4) is 0 Å². The van der Waals surface area contributed by atoms with Crippen LogP contribution in [0.25, 0.3) is 0 Å². The molecular formula is C11H18O2. The van der Waals surface area contributed by atoms with Crippen molar-refractivity contribution in [3.05, 3.63) is 0 Å². The number of rotatable bonds is 2. The Hall–Kier alpha value is -0.660. The predicted molar refractivity (Wildman–Crippen MR) is 51.3 cm³/mol. The highest BCUT2D eigenvalue weighted by atomic mass is 16.2. The van der Waals surface area contributed by atoms with Gasteiger partial charge in [-0.3, -0.25) is 9.59 Å². The van der Waals surface area contributed by atoms with Crippen LogP contribution in [0.3, 0.4) is 0 Å². The van der Waals surface area contributed by atoms with Crippen molar-refractivity contribution in [2.45, 2.75) is 34.1 Å². The first-order valence-electron chi connectivity index (χ1n) is 5.01. The summed E-state index contributed by atoms with van der Waals surface area (Å²) in [6.07, 6.45) is 0.472. The van der Waals surface area contributed by atoms with E-state index in [2.05, 4.69) is 0 Å². The predicted octanol–water partition coefficient (Wildman–Crippen LogP) is 2.07. The molecule has 74 valence electrons. The number of ketones is 2. The minimum atomic E-state index is -0.313. The third kappa shape index (κ3) is 1.82. The van der Waals surface area contributed by atoms with Crippen LogP contribution in [-0.2, 0) is 9.59 Å². The van der Waals surface area contributed by atoms with Crippen LogP contribution in [0.5, 0.6) is 0 Å². The van der Waals surface area contributed by atoms with Gasteiger partial charge in [-0.1, -0.05) is 27.7 Å². The van der Waals surface area contributed by atoms with Crippen molar-refractivity contribution >= 4 is 11.6 Å². The van der Waals surface area contributed by atoms with Gasteiger partial charge in [-0.25, -0.2) is 0 Å². The maximum atomic E-state index is 11.8. The Morgan fingerprint density at radius 1 is 1.08 bits per heavy atom. The number of Topliss-reactive ketones (excluding diaryl/α,β-unsaturated/α-hetero) is 2. The fourth-order valence-electron chi connectivity index (χ4n) is 2.10. The molecule has 1 saturated carbocycles. The Kier molecular flexibility index (Phi) is 2.89. The first kappa shape index (κ1) is 10.4. The molecule has 1 aliphatic rings. The van der Waals surface area contributed by atoms with E-state index in [1.54, 1.807) is 0 Å². The van der Waals surface area contributed by atoms with Gasteiger partial charge in [0.1, 0.15) is 11.6 Å². The summed E-state index contributed by atoms with van der Waals surface area (Å²) in [5.41, 5.74) is 0. The van der Waals surface area contributed by atoms with E-state index >= 15 is 0 Å². The zero-order valence-electron chi connectivity index (χ0n) is 8.83. The molecule has 0 spiro atoms. The average molecular weight is 182 g/mol. The van der Waals surface area contributed by atoms with Crippen molar-refractivity contribution in [2.24, 2.45) is 23.7 Å². The molecule has 2 nitrogen and oxygen atoms in total. The van der Waals surface area contributed by atoms with Gasteiger partial charge in [-0.15, -0.1) is 0 Å². The van der Waals surface area contributed by atoms with Crippen molar-refractivity contribution < 1.29 is 9.59 Å². The van der Waals surface area contributed by atoms with Gasteiger partial charge in [-0.05, 0) is 11.8 Å². The van der Waals surface area contributed by atoms with E-state index in [1.807, 2.05) is 27.7 Å². The van der Waals surface area contributed by atoms with Crippen molar-refractivity contribution in [2.75, 3.05) is 0 Å². The molecule has 2 atom stereocenters. The zero-order chi connectivity index (χ0) is 10.2. The highest BCUT2D eigenvalue weighted by molar-refractivity contribution is 6.10. The fourth-order valence-corrected chi connectivity index (χ4v) is 2.10. The molecule has 0 bridgehead atoms. The van der Waals surface area contributed by atoms with Crippen molar-refractivity contribution in [1.82, 2.24) is 0 Å². The molecule has 0 saturated heterocycles. The van der Waals surface area contributed by atoms with Crippen LogP contribution in [0.1, 0.15) is 34.1 Å². The lowest BCUT2D eigenvalue weighted by atomic mass is 9.88. The van der Waals surface area contributed by atoms with Gasteiger partial charge in [0.05, 0.1) is 5.92 Å². The lowest BCUT2D eigenvalue weighted by Gasteiger charge is -2.14. The molecule has 0 heterocycles. The topological polar surface area (TPSA) is 34.1 Å². The molecule has 0 aromatic rings. The third-order valence-corrected chi connectivity index (χ3v) is 2.91. The fraction of sp³-hybridized carbons (Fsp3) is 0.818. The summed E-state index contributed by atoms with van der Waals surface area (Å²) in [6.45, 7) is 7.92. The maximum Gasteiger partial charge on any atom is 0.147 e. The monoisotopic (exact) mass is 182 g/mol. The third-order valence-electron chi connectivity index (χ3n) is 2.91. The van der Waals surface area contributed by atoms with Gasteiger partial charge in [0.25, 0.3) is 0 Å². The Balaban J connectivity index is 2.82. The highest BCUT2D eigenvalue weighted by Gasteiger charge is 2.43. The molecule has 1 rings (SSSR count). The molecule has 0 amide bonds.